The molecule has 0 saturated heterocycles. The van der Waals surface area contributed by atoms with Crippen LogP contribution >= 0.6 is 12.2 Å². The Morgan fingerprint density at radius 2 is 1.89 bits per heavy atom. The average molecular weight is 276 g/mol. The molecule has 1 aromatic carbocycles. The van der Waals surface area contributed by atoms with Crippen molar-refractivity contribution in [2.45, 2.75) is 13.8 Å². The fraction of sp³-hybridized carbons (Fsp3) is 0.167. The van der Waals surface area contributed by atoms with Gasteiger partial charge in [-0.3, -0.25) is 9.78 Å². The van der Waals surface area contributed by atoms with Crippen LogP contribution in [-0.2, 0) is 0 Å². The minimum Gasteiger partial charge on any atom is -0.493 e. The van der Waals surface area contributed by atoms with Crippen LogP contribution in [-0.4, -0.2) is 15.1 Å². The van der Waals surface area contributed by atoms with Gasteiger partial charge in [0.05, 0.1) is 5.69 Å². The highest BCUT2D eigenvalue weighted by atomic mass is 32.1. The molecule has 0 fully saturated rings. The van der Waals surface area contributed by atoms with E-state index in [9.17, 15) is 9.90 Å². The number of aromatic amines is 2. The third-order valence-electron chi connectivity index (χ3n) is 2.65. The maximum absolute atomic E-state index is 11.5. The van der Waals surface area contributed by atoms with E-state index < -0.39 is 11.4 Å². The fourth-order valence-corrected chi connectivity index (χ4v) is 1.65. The molecule has 0 radical (unpaired) electrons. The van der Waals surface area contributed by atoms with Crippen molar-refractivity contribution in [3.63, 3.8) is 0 Å². The van der Waals surface area contributed by atoms with Gasteiger partial charge in [-0.05, 0) is 49.3 Å². The number of benzene rings is 1. The fourth-order valence-electron chi connectivity index (χ4n) is 1.46. The second kappa shape index (κ2) is 5.15. The number of aromatic hydroxyl groups is 1. The molecule has 0 amide bonds. The van der Waals surface area contributed by atoms with E-state index in [2.05, 4.69) is 20.2 Å². The standard InChI is InChI=1S/C12H12N4O2S/c1-6-3-4-8(5-7(6)2)15-16-9-10(17)13-12(19)14-11(9)18/h3-5H,1-2H3,(H3,13,14,17,18,19). The number of hydrogen-bond donors (Lipinski definition) is 3. The second-order valence-electron chi connectivity index (χ2n) is 4.07. The summed E-state index contributed by atoms with van der Waals surface area (Å²) < 4.78 is 0.0348. The van der Waals surface area contributed by atoms with Crippen molar-refractivity contribution in [1.82, 2.24) is 9.97 Å². The van der Waals surface area contributed by atoms with E-state index in [0.717, 1.165) is 11.1 Å². The van der Waals surface area contributed by atoms with Crippen LogP contribution in [0.3, 0.4) is 0 Å². The van der Waals surface area contributed by atoms with Gasteiger partial charge in [0.1, 0.15) is 0 Å². The van der Waals surface area contributed by atoms with Crippen molar-refractivity contribution in [1.29, 1.82) is 0 Å². The summed E-state index contributed by atoms with van der Waals surface area (Å²) in [6.07, 6.45) is 0. The Kier molecular flexibility index (Phi) is 3.57. The summed E-state index contributed by atoms with van der Waals surface area (Å²) in [4.78, 5) is 16.3. The Morgan fingerprint density at radius 3 is 2.53 bits per heavy atom. The smallest absolute Gasteiger partial charge is 0.283 e. The summed E-state index contributed by atoms with van der Waals surface area (Å²) in [7, 11) is 0. The molecular weight excluding hydrogens is 264 g/mol. The normalized spacial score (nSPS) is 11.1. The summed E-state index contributed by atoms with van der Waals surface area (Å²) >= 11 is 4.71. The van der Waals surface area contributed by atoms with E-state index in [0.29, 0.717) is 5.69 Å². The summed E-state index contributed by atoms with van der Waals surface area (Å²) in [5.41, 5.74) is 2.02. The monoisotopic (exact) mass is 276 g/mol. The Morgan fingerprint density at radius 1 is 1.16 bits per heavy atom. The highest BCUT2D eigenvalue weighted by Crippen LogP contribution is 2.22. The molecule has 7 heteroatoms. The SMILES string of the molecule is Cc1ccc(N=Nc2c(O)[nH]c(=S)[nH]c2=O)cc1C. The Bertz CT molecular complexity index is 761. The van der Waals surface area contributed by atoms with Crippen molar-refractivity contribution < 1.29 is 5.11 Å². The highest BCUT2D eigenvalue weighted by molar-refractivity contribution is 7.71. The van der Waals surface area contributed by atoms with Crippen LogP contribution in [0.25, 0.3) is 0 Å². The van der Waals surface area contributed by atoms with E-state index in [-0.39, 0.29) is 10.5 Å². The van der Waals surface area contributed by atoms with Gasteiger partial charge in [-0.2, -0.15) is 5.11 Å². The van der Waals surface area contributed by atoms with Gasteiger partial charge in [0.15, 0.2) is 4.77 Å². The lowest BCUT2D eigenvalue weighted by molar-refractivity contribution is 0.451. The van der Waals surface area contributed by atoms with Gasteiger partial charge in [-0.1, -0.05) is 6.07 Å². The first-order chi connectivity index (χ1) is 8.97. The number of aromatic nitrogens is 2. The maximum Gasteiger partial charge on any atom is 0.283 e. The lowest BCUT2D eigenvalue weighted by Crippen LogP contribution is -2.06. The zero-order valence-electron chi connectivity index (χ0n) is 10.4. The second-order valence-corrected chi connectivity index (χ2v) is 4.48. The molecule has 0 spiro atoms. The van der Waals surface area contributed by atoms with Gasteiger partial charge < -0.3 is 10.1 Å². The number of azo groups is 1. The molecule has 0 aliphatic carbocycles. The van der Waals surface area contributed by atoms with E-state index in [4.69, 9.17) is 12.2 Å². The van der Waals surface area contributed by atoms with Crippen molar-refractivity contribution >= 4 is 23.6 Å². The molecule has 1 heterocycles. The predicted octanol–water partition coefficient (Wildman–Crippen LogP) is 3.17. The molecule has 0 unspecified atom stereocenters. The number of nitrogens with one attached hydrogen (secondary N) is 2. The molecule has 98 valence electrons. The van der Waals surface area contributed by atoms with Crippen LogP contribution in [0.5, 0.6) is 5.88 Å². The van der Waals surface area contributed by atoms with Crippen LogP contribution in [0.1, 0.15) is 11.1 Å². The number of rotatable bonds is 2. The molecule has 0 atom stereocenters. The molecule has 0 aliphatic rings. The van der Waals surface area contributed by atoms with Gasteiger partial charge in [-0.15, -0.1) is 5.11 Å². The van der Waals surface area contributed by atoms with Gasteiger partial charge >= 0.3 is 0 Å². The minimum absolute atomic E-state index is 0.0348. The predicted molar refractivity (Wildman–Crippen MR) is 74.0 cm³/mol. The zero-order valence-corrected chi connectivity index (χ0v) is 11.2. The van der Waals surface area contributed by atoms with Crippen LogP contribution < -0.4 is 5.56 Å². The molecule has 3 N–H and O–H groups in total. The first-order valence-corrected chi connectivity index (χ1v) is 5.93. The van der Waals surface area contributed by atoms with E-state index in [1.54, 1.807) is 6.07 Å². The number of nitrogens with zero attached hydrogens (tertiary/aromatic N) is 2. The van der Waals surface area contributed by atoms with Gasteiger partial charge in [0.2, 0.25) is 11.6 Å². The van der Waals surface area contributed by atoms with Crippen molar-refractivity contribution in [3.8, 4) is 5.88 Å². The molecule has 2 aromatic rings. The third-order valence-corrected chi connectivity index (χ3v) is 2.86. The minimum atomic E-state index is -0.589. The van der Waals surface area contributed by atoms with Gasteiger partial charge in [0.25, 0.3) is 5.56 Å². The number of hydrogen-bond acceptors (Lipinski definition) is 5. The van der Waals surface area contributed by atoms with Crippen LogP contribution in [0.15, 0.2) is 33.2 Å². The van der Waals surface area contributed by atoms with E-state index in [1.807, 2.05) is 26.0 Å². The first kappa shape index (κ1) is 13.2. The van der Waals surface area contributed by atoms with Crippen LogP contribution in [0, 0.1) is 18.6 Å². The van der Waals surface area contributed by atoms with Crippen LogP contribution in [0.2, 0.25) is 0 Å². The molecule has 1 aromatic heterocycles. The molecule has 0 saturated carbocycles. The topological polar surface area (TPSA) is 93.6 Å². The van der Waals surface area contributed by atoms with Crippen molar-refractivity contribution in [2.75, 3.05) is 0 Å². The van der Waals surface area contributed by atoms with Crippen molar-refractivity contribution in [3.05, 3.63) is 44.5 Å². The number of aryl methyl sites for hydroxylation is 2. The summed E-state index contributed by atoms with van der Waals surface area (Å²) in [5.74, 6) is -0.402. The maximum atomic E-state index is 11.5. The third kappa shape index (κ3) is 2.94. The molecule has 6 nitrogen and oxygen atoms in total. The quantitative estimate of drug-likeness (QED) is 0.581. The van der Waals surface area contributed by atoms with Crippen LogP contribution in [0.4, 0.5) is 11.4 Å². The Hall–Kier alpha value is -2.28. The van der Waals surface area contributed by atoms with E-state index in [1.165, 1.54) is 0 Å². The molecule has 2 rings (SSSR count). The highest BCUT2D eigenvalue weighted by Gasteiger charge is 2.06. The Balaban J connectivity index is 2.40. The summed E-state index contributed by atoms with van der Waals surface area (Å²) in [5, 5.41) is 17.2. The summed E-state index contributed by atoms with van der Waals surface area (Å²) in [6, 6.07) is 5.53. The average Bonchev–Trinajstić information content (AvgIpc) is 2.32. The van der Waals surface area contributed by atoms with Gasteiger partial charge in [-0.25, -0.2) is 0 Å². The Labute approximate surface area is 113 Å². The van der Waals surface area contributed by atoms with Crippen molar-refractivity contribution in [2.24, 2.45) is 10.2 Å². The largest absolute Gasteiger partial charge is 0.493 e. The molecule has 0 aliphatic heterocycles. The lowest BCUT2D eigenvalue weighted by atomic mass is 10.1. The summed E-state index contributed by atoms with van der Waals surface area (Å²) in [6.45, 7) is 3.95. The molecule has 19 heavy (non-hydrogen) atoms. The lowest BCUT2D eigenvalue weighted by Gasteiger charge is -2.00. The molecular formula is C12H12N4O2S. The molecule has 0 bridgehead atoms. The van der Waals surface area contributed by atoms with Gasteiger partial charge in [0, 0.05) is 0 Å². The first-order valence-electron chi connectivity index (χ1n) is 5.52. The number of H-pyrrole nitrogens is 2. The zero-order chi connectivity index (χ0) is 14.0. The van der Waals surface area contributed by atoms with E-state index >= 15 is 0 Å².